The third-order valence-electron chi connectivity index (χ3n) is 5.60. The van der Waals surface area contributed by atoms with Gasteiger partial charge in [-0.2, -0.15) is 4.52 Å². The Morgan fingerprint density at radius 2 is 1.67 bits per heavy atom. The summed E-state index contributed by atoms with van der Waals surface area (Å²) in [5.41, 5.74) is 2.90. The Kier molecular flexibility index (Phi) is 3.95. The summed E-state index contributed by atoms with van der Waals surface area (Å²) < 4.78 is 3.36. The topological polar surface area (TPSA) is 64.2 Å². The molecule has 5 aromatic rings. The van der Waals surface area contributed by atoms with E-state index in [1.165, 1.54) is 21.4 Å². The van der Waals surface area contributed by atoms with E-state index in [4.69, 9.17) is 4.98 Å². The zero-order valence-corrected chi connectivity index (χ0v) is 17.0. The molecular weight excluding hydrogens is 394 g/mol. The van der Waals surface area contributed by atoms with Crippen LogP contribution in [0.15, 0.2) is 65.5 Å². The molecule has 30 heavy (non-hydrogen) atoms. The van der Waals surface area contributed by atoms with Gasteiger partial charge in [-0.3, -0.25) is 4.79 Å². The predicted molar refractivity (Wildman–Crippen MR) is 120 cm³/mol. The zero-order chi connectivity index (χ0) is 20.1. The highest BCUT2D eigenvalue weighted by atomic mass is 32.1. The lowest BCUT2D eigenvalue weighted by Gasteiger charge is -2.09. The van der Waals surface area contributed by atoms with Crippen molar-refractivity contribution in [3.8, 4) is 5.69 Å². The maximum Gasteiger partial charge on any atom is 0.284 e. The van der Waals surface area contributed by atoms with Gasteiger partial charge < -0.3 is 5.32 Å². The SMILES string of the molecule is O=c1c2c3c(sc2nc2n(-c4ccccc4)c(Nc4ccccc4)nn12)CCCC3. The highest BCUT2D eigenvalue weighted by molar-refractivity contribution is 7.18. The van der Waals surface area contributed by atoms with Crippen molar-refractivity contribution < 1.29 is 0 Å². The van der Waals surface area contributed by atoms with E-state index in [1.807, 2.05) is 65.2 Å². The summed E-state index contributed by atoms with van der Waals surface area (Å²) in [7, 11) is 0. The molecular formula is C23H19N5OS. The minimum atomic E-state index is -0.0832. The fraction of sp³-hybridized carbons (Fsp3) is 0.174. The average molecular weight is 414 g/mol. The van der Waals surface area contributed by atoms with E-state index in [0.29, 0.717) is 11.7 Å². The zero-order valence-electron chi connectivity index (χ0n) is 16.2. The van der Waals surface area contributed by atoms with E-state index in [9.17, 15) is 4.79 Å². The quantitative estimate of drug-likeness (QED) is 0.465. The Hall–Kier alpha value is -3.45. The Bertz CT molecular complexity index is 1430. The highest BCUT2D eigenvalue weighted by Gasteiger charge is 2.23. The summed E-state index contributed by atoms with van der Waals surface area (Å²) in [4.78, 5) is 20.5. The molecule has 6 nitrogen and oxygen atoms in total. The second-order valence-corrected chi connectivity index (χ2v) is 8.59. The summed E-state index contributed by atoms with van der Waals surface area (Å²) in [6.07, 6.45) is 4.30. The average Bonchev–Trinajstić information content (AvgIpc) is 3.33. The molecule has 0 amide bonds. The predicted octanol–water partition coefficient (Wildman–Crippen LogP) is 4.72. The molecule has 0 spiro atoms. The summed E-state index contributed by atoms with van der Waals surface area (Å²) in [6.45, 7) is 0. The second kappa shape index (κ2) is 6.81. The van der Waals surface area contributed by atoms with Gasteiger partial charge in [-0.25, -0.2) is 9.55 Å². The van der Waals surface area contributed by atoms with Crippen molar-refractivity contribution in [2.24, 2.45) is 0 Å². The lowest BCUT2D eigenvalue weighted by atomic mass is 9.97. The van der Waals surface area contributed by atoms with Gasteiger partial charge in [0, 0.05) is 10.6 Å². The van der Waals surface area contributed by atoms with Gasteiger partial charge in [0.15, 0.2) is 0 Å². The van der Waals surface area contributed by atoms with E-state index < -0.39 is 0 Å². The number of hydrogen-bond acceptors (Lipinski definition) is 5. The van der Waals surface area contributed by atoms with Crippen LogP contribution >= 0.6 is 11.3 Å². The minimum Gasteiger partial charge on any atom is -0.324 e. The molecule has 1 N–H and O–H groups in total. The number of nitrogens with zero attached hydrogens (tertiary/aromatic N) is 4. The molecule has 0 atom stereocenters. The van der Waals surface area contributed by atoms with Crippen molar-refractivity contribution in [3.63, 3.8) is 0 Å². The molecule has 7 heteroatoms. The normalized spacial score (nSPS) is 13.6. The van der Waals surface area contributed by atoms with E-state index in [1.54, 1.807) is 11.3 Å². The van der Waals surface area contributed by atoms with Crippen molar-refractivity contribution in [1.29, 1.82) is 0 Å². The molecule has 0 bridgehead atoms. The Morgan fingerprint density at radius 1 is 0.933 bits per heavy atom. The van der Waals surface area contributed by atoms with Gasteiger partial charge in [0.1, 0.15) is 4.83 Å². The number of thiophene rings is 1. The third kappa shape index (κ3) is 2.66. The molecule has 1 aliphatic carbocycles. The molecule has 1 aliphatic rings. The molecule has 0 saturated carbocycles. The largest absolute Gasteiger partial charge is 0.324 e. The van der Waals surface area contributed by atoms with Gasteiger partial charge in [0.05, 0.1) is 11.1 Å². The first-order valence-electron chi connectivity index (χ1n) is 10.1. The molecule has 6 rings (SSSR count). The van der Waals surface area contributed by atoms with Crippen LogP contribution < -0.4 is 10.9 Å². The standard InChI is InChI=1S/C23H19N5OS/c29-21-19-17-13-7-8-14-18(17)30-20(19)25-23-27(16-11-5-2-6-12-16)22(26-28(21)23)24-15-9-3-1-4-10-15/h1-6,9-12H,7-8,13-14H2,(H,24,26). The fourth-order valence-electron chi connectivity index (χ4n) is 4.20. The van der Waals surface area contributed by atoms with Crippen molar-refractivity contribution in [3.05, 3.63) is 81.5 Å². The van der Waals surface area contributed by atoms with Crippen molar-refractivity contribution in [2.75, 3.05) is 5.32 Å². The van der Waals surface area contributed by atoms with E-state index in [2.05, 4.69) is 10.4 Å². The summed E-state index contributed by atoms with van der Waals surface area (Å²) in [6, 6.07) is 19.7. The summed E-state index contributed by atoms with van der Waals surface area (Å²) >= 11 is 1.66. The monoisotopic (exact) mass is 413 g/mol. The first kappa shape index (κ1) is 17.4. The highest BCUT2D eigenvalue weighted by Crippen LogP contribution is 2.34. The van der Waals surface area contributed by atoms with Gasteiger partial charge in [-0.15, -0.1) is 16.4 Å². The number of anilines is 2. The number of hydrogen-bond donors (Lipinski definition) is 1. The number of rotatable bonds is 3. The third-order valence-corrected chi connectivity index (χ3v) is 6.79. The second-order valence-electron chi connectivity index (χ2n) is 7.51. The van der Waals surface area contributed by atoms with Crippen molar-refractivity contribution in [2.45, 2.75) is 25.7 Å². The number of aromatic nitrogens is 4. The Balaban J connectivity index is 1.65. The van der Waals surface area contributed by atoms with Crippen LogP contribution in [0.5, 0.6) is 0 Å². The Labute approximate surface area is 176 Å². The first-order valence-corrected chi connectivity index (χ1v) is 10.9. The number of fused-ring (bicyclic) bond motifs is 4. The van der Waals surface area contributed by atoms with Gasteiger partial charge in [0.2, 0.25) is 11.7 Å². The first-order chi connectivity index (χ1) is 14.8. The Morgan fingerprint density at radius 3 is 2.47 bits per heavy atom. The van der Waals surface area contributed by atoms with Gasteiger partial charge >= 0.3 is 0 Å². The molecule has 0 saturated heterocycles. The van der Waals surface area contributed by atoms with Crippen LogP contribution in [-0.4, -0.2) is 19.2 Å². The lowest BCUT2D eigenvalue weighted by Crippen LogP contribution is -2.17. The maximum absolute atomic E-state index is 13.5. The van der Waals surface area contributed by atoms with Crippen LogP contribution in [0.1, 0.15) is 23.3 Å². The van der Waals surface area contributed by atoms with Gasteiger partial charge in [-0.05, 0) is 55.5 Å². The van der Waals surface area contributed by atoms with E-state index in [0.717, 1.165) is 40.9 Å². The minimum absolute atomic E-state index is 0.0832. The van der Waals surface area contributed by atoms with Crippen LogP contribution in [0, 0.1) is 0 Å². The molecule has 0 aliphatic heterocycles. The van der Waals surface area contributed by atoms with Crippen molar-refractivity contribution >= 4 is 39.0 Å². The number of benzene rings is 2. The van der Waals surface area contributed by atoms with Gasteiger partial charge in [0.25, 0.3) is 5.56 Å². The van der Waals surface area contributed by atoms with Crippen molar-refractivity contribution in [1.82, 2.24) is 19.2 Å². The molecule has 0 radical (unpaired) electrons. The maximum atomic E-state index is 13.5. The summed E-state index contributed by atoms with van der Waals surface area (Å²) in [5.74, 6) is 1.08. The van der Waals surface area contributed by atoms with Crippen LogP contribution in [0.3, 0.4) is 0 Å². The number of aryl methyl sites for hydroxylation is 2. The summed E-state index contributed by atoms with van der Waals surface area (Å²) in [5, 5.41) is 8.76. The number of para-hydroxylation sites is 2. The van der Waals surface area contributed by atoms with Crippen LogP contribution in [0.25, 0.3) is 21.7 Å². The van der Waals surface area contributed by atoms with Crippen LogP contribution in [0.2, 0.25) is 0 Å². The smallest absolute Gasteiger partial charge is 0.284 e. The van der Waals surface area contributed by atoms with Crippen LogP contribution in [-0.2, 0) is 12.8 Å². The number of nitrogens with one attached hydrogen (secondary N) is 1. The van der Waals surface area contributed by atoms with Gasteiger partial charge in [-0.1, -0.05) is 36.4 Å². The van der Waals surface area contributed by atoms with E-state index >= 15 is 0 Å². The fourth-order valence-corrected chi connectivity index (χ4v) is 5.45. The molecule has 148 valence electrons. The molecule has 3 aromatic heterocycles. The van der Waals surface area contributed by atoms with E-state index in [-0.39, 0.29) is 5.56 Å². The molecule has 0 fully saturated rings. The molecule has 3 heterocycles. The molecule has 2 aromatic carbocycles. The molecule has 0 unspecified atom stereocenters. The van der Waals surface area contributed by atoms with Crippen LogP contribution in [0.4, 0.5) is 11.6 Å². The lowest BCUT2D eigenvalue weighted by molar-refractivity contribution is 0.699.